The van der Waals surface area contributed by atoms with Crippen LogP contribution in [0.25, 0.3) is 10.9 Å². The van der Waals surface area contributed by atoms with E-state index < -0.39 is 17.7 Å². The second-order valence-electron chi connectivity index (χ2n) is 4.40. The first-order valence-corrected chi connectivity index (χ1v) is 6.42. The molecule has 0 spiro atoms. The monoisotopic (exact) mass is 325 g/mol. The van der Waals surface area contributed by atoms with Crippen LogP contribution in [0.3, 0.4) is 0 Å². The van der Waals surface area contributed by atoms with Crippen molar-refractivity contribution >= 4 is 38.6 Å². The Morgan fingerprint density at radius 3 is 2.89 bits per heavy atom. The van der Waals surface area contributed by atoms with Crippen LogP contribution in [0, 0.1) is 11.7 Å². The number of hydrogen-bond donors (Lipinski definition) is 0. The van der Waals surface area contributed by atoms with Gasteiger partial charge in [0.2, 0.25) is 0 Å². The first kappa shape index (κ1) is 12.3. The van der Waals surface area contributed by atoms with E-state index in [1.165, 1.54) is 19.2 Å². The Morgan fingerprint density at radius 2 is 2.21 bits per heavy atom. The first-order valence-electron chi connectivity index (χ1n) is 5.63. The summed E-state index contributed by atoms with van der Waals surface area (Å²) < 4.78 is 20.3. The van der Waals surface area contributed by atoms with E-state index in [4.69, 9.17) is 0 Å². The molecule has 19 heavy (non-hydrogen) atoms. The Bertz CT molecular complexity index is 722. The molecule has 4 nitrogen and oxygen atoms in total. The van der Waals surface area contributed by atoms with Crippen LogP contribution in [-0.4, -0.2) is 23.4 Å². The second-order valence-corrected chi connectivity index (χ2v) is 5.25. The van der Waals surface area contributed by atoms with E-state index in [0.717, 1.165) is 5.39 Å². The molecule has 0 saturated heterocycles. The smallest absolute Gasteiger partial charge is 0.318 e. The van der Waals surface area contributed by atoms with Crippen LogP contribution in [0.2, 0.25) is 0 Å². The molecular formula is C13H9BrFNO3. The van der Waals surface area contributed by atoms with E-state index in [1.54, 1.807) is 10.6 Å². The summed E-state index contributed by atoms with van der Waals surface area (Å²) in [6.07, 6.45) is 0. The van der Waals surface area contributed by atoms with Gasteiger partial charge in [-0.25, -0.2) is 4.39 Å². The standard InChI is InChI=1S/C13H9BrFNO3/c1-19-13(18)8-5-16-10-3-6(15)2-9(14)7(10)4-11(16)12(8)17/h2-4,8H,5H2,1H3/t8-/m1/s1. The maximum atomic E-state index is 13.4. The normalized spacial score (nSPS) is 17.8. The van der Waals surface area contributed by atoms with Crippen molar-refractivity contribution in [2.75, 3.05) is 7.11 Å². The third kappa shape index (κ3) is 1.70. The van der Waals surface area contributed by atoms with Crippen molar-refractivity contribution < 1.29 is 18.7 Å². The number of hydrogen-bond acceptors (Lipinski definition) is 3. The number of esters is 1. The van der Waals surface area contributed by atoms with E-state index in [-0.39, 0.29) is 12.3 Å². The molecule has 6 heteroatoms. The van der Waals surface area contributed by atoms with Crippen LogP contribution < -0.4 is 0 Å². The number of rotatable bonds is 1. The van der Waals surface area contributed by atoms with E-state index in [9.17, 15) is 14.0 Å². The van der Waals surface area contributed by atoms with E-state index in [1.807, 2.05) is 0 Å². The molecule has 1 atom stereocenters. The number of carbonyl (C=O) groups is 2. The lowest BCUT2D eigenvalue weighted by atomic mass is 10.1. The number of benzene rings is 1. The van der Waals surface area contributed by atoms with Crippen molar-refractivity contribution in [3.05, 3.63) is 34.2 Å². The highest BCUT2D eigenvalue weighted by Crippen LogP contribution is 2.34. The van der Waals surface area contributed by atoms with Crippen molar-refractivity contribution in [3.8, 4) is 0 Å². The van der Waals surface area contributed by atoms with Gasteiger partial charge in [0.15, 0.2) is 5.78 Å². The number of ether oxygens (including phenoxy) is 1. The number of aromatic nitrogens is 1. The molecule has 98 valence electrons. The average molecular weight is 326 g/mol. The number of fused-ring (bicyclic) bond motifs is 3. The zero-order valence-electron chi connectivity index (χ0n) is 9.94. The second kappa shape index (κ2) is 4.16. The molecule has 0 fully saturated rings. The topological polar surface area (TPSA) is 48.3 Å². The highest BCUT2D eigenvalue weighted by atomic mass is 79.9. The SMILES string of the molecule is COC(=O)[C@@H]1Cn2c(cc3c(Br)cc(F)cc32)C1=O. The van der Waals surface area contributed by atoms with Crippen LogP contribution in [0.15, 0.2) is 22.7 Å². The van der Waals surface area contributed by atoms with Gasteiger partial charge in [-0.05, 0) is 34.1 Å². The number of carbonyl (C=O) groups excluding carboxylic acids is 2. The molecule has 1 aromatic heterocycles. The molecule has 0 saturated carbocycles. The minimum Gasteiger partial charge on any atom is -0.468 e. The molecule has 0 N–H and O–H groups in total. The number of Topliss-reactive ketones (excluding diaryl/α,β-unsaturated/α-hetero) is 1. The lowest BCUT2D eigenvalue weighted by Gasteiger charge is -2.06. The van der Waals surface area contributed by atoms with Crippen LogP contribution in [0.1, 0.15) is 10.5 Å². The zero-order valence-corrected chi connectivity index (χ0v) is 11.5. The molecule has 0 aliphatic carbocycles. The minimum atomic E-state index is -0.827. The Hall–Kier alpha value is -1.69. The van der Waals surface area contributed by atoms with Crippen LogP contribution >= 0.6 is 15.9 Å². The summed E-state index contributed by atoms with van der Waals surface area (Å²) >= 11 is 3.27. The predicted molar refractivity (Wildman–Crippen MR) is 69.4 cm³/mol. The number of halogens is 2. The third-order valence-corrected chi connectivity index (χ3v) is 4.01. The molecule has 3 rings (SSSR count). The molecular weight excluding hydrogens is 317 g/mol. The van der Waals surface area contributed by atoms with Crippen molar-refractivity contribution in [3.63, 3.8) is 0 Å². The van der Waals surface area contributed by atoms with Gasteiger partial charge < -0.3 is 9.30 Å². The molecule has 1 aliphatic heterocycles. The largest absolute Gasteiger partial charge is 0.468 e. The number of ketones is 1. The highest BCUT2D eigenvalue weighted by molar-refractivity contribution is 9.10. The van der Waals surface area contributed by atoms with Gasteiger partial charge in [-0.1, -0.05) is 0 Å². The van der Waals surface area contributed by atoms with Crippen molar-refractivity contribution in [2.45, 2.75) is 6.54 Å². The van der Waals surface area contributed by atoms with E-state index >= 15 is 0 Å². The van der Waals surface area contributed by atoms with Crippen LogP contribution in [0.4, 0.5) is 4.39 Å². The van der Waals surface area contributed by atoms with Gasteiger partial charge in [0, 0.05) is 16.4 Å². The Kier molecular flexibility index (Phi) is 2.70. The summed E-state index contributed by atoms with van der Waals surface area (Å²) in [6, 6.07) is 4.38. The van der Waals surface area contributed by atoms with Crippen LogP contribution in [-0.2, 0) is 16.1 Å². The molecule has 1 aliphatic rings. The van der Waals surface area contributed by atoms with Gasteiger partial charge in [-0.2, -0.15) is 0 Å². The average Bonchev–Trinajstić information content (AvgIpc) is 2.87. The summed E-state index contributed by atoms with van der Waals surface area (Å²) in [6.45, 7) is 0.195. The Labute approximate surface area is 116 Å². The van der Waals surface area contributed by atoms with E-state index in [2.05, 4.69) is 20.7 Å². The minimum absolute atomic E-state index is 0.195. The fourth-order valence-corrected chi connectivity index (χ4v) is 2.99. The maximum Gasteiger partial charge on any atom is 0.318 e. The lowest BCUT2D eigenvalue weighted by Crippen LogP contribution is -2.22. The highest BCUT2D eigenvalue weighted by Gasteiger charge is 2.38. The Morgan fingerprint density at radius 1 is 1.47 bits per heavy atom. The van der Waals surface area contributed by atoms with Gasteiger partial charge in [-0.3, -0.25) is 9.59 Å². The molecule has 0 amide bonds. The quantitative estimate of drug-likeness (QED) is 0.598. The summed E-state index contributed by atoms with van der Waals surface area (Å²) in [4.78, 5) is 23.7. The molecule has 0 unspecified atom stereocenters. The molecule has 2 aromatic rings. The molecule has 2 heterocycles. The van der Waals surface area contributed by atoms with Crippen molar-refractivity contribution in [1.82, 2.24) is 4.57 Å². The van der Waals surface area contributed by atoms with Crippen molar-refractivity contribution in [2.24, 2.45) is 5.92 Å². The van der Waals surface area contributed by atoms with Gasteiger partial charge >= 0.3 is 5.97 Å². The third-order valence-electron chi connectivity index (χ3n) is 3.35. The lowest BCUT2D eigenvalue weighted by molar-refractivity contribution is -0.143. The maximum absolute atomic E-state index is 13.4. The van der Waals surface area contributed by atoms with Gasteiger partial charge in [0.1, 0.15) is 11.7 Å². The number of nitrogens with zero attached hydrogens (tertiary/aromatic N) is 1. The summed E-state index contributed by atoms with van der Waals surface area (Å²) in [5.74, 6) is -2.06. The van der Waals surface area contributed by atoms with Gasteiger partial charge in [0.25, 0.3) is 0 Å². The van der Waals surface area contributed by atoms with Gasteiger partial charge in [0.05, 0.1) is 18.3 Å². The fraction of sp³-hybridized carbons (Fsp3) is 0.231. The number of methoxy groups -OCH3 is 1. The van der Waals surface area contributed by atoms with Crippen LogP contribution in [0.5, 0.6) is 0 Å². The fourth-order valence-electron chi connectivity index (χ4n) is 2.45. The summed E-state index contributed by atoms with van der Waals surface area (Å²) in [7, 11) is 1.25. The Balaban J connectivity index is 2.18. The first-order chi connectivity index (χ1) is 9.02. The van der Waals surface area contributed by atoms with Gasteiger partial charge in [-0.15, -0.1) is 0 Å². The molecule has 0 bridgehead atoms. The van der Waals surface area contributed by atoms with E-state index in [0.29, 0.717) is 15.7 Å². The molecule has 0 radical (unpaired) electrons. The summed E-state index contributed by atoms with van der Waals surface area (Å²) in [5.41, 5.74) is 1.01. The zero-order chi connectivity index (χ0) is 13.7. The summed E-state index contributed by atoms with van der Waals surface area (Å²) in [5, 5.41) is 0.757. The molecule has 1 aromatic carbocycles. The predicted octanol–water partition coefficient (Wildman–Crippen LogP) is 2.53. The van der Waals surface area contributed by atoms with Crippen molar-refractivity contribution in [1.29, 1.82) is 0 Å².